The molecule has 23 heavy (non-hydrogen) atoms. The minimum atomic E-state index is -0.731. The molecule has 2 unspecified atom stereocenters. The van der Waals surface area contributed by atoms with Crippen LogP contribution in [0.25, 0.3) is 0 Å². The smallest absolute Gasteiger partial charge is 0.203 e. The fourth-order valence-corrected chi connectivity index (χ4v) is 3.76. The van der Waals surface area contributed by atoms with Crippen LogP contribution in [0.2, 0.25) is 0 Å². The zero-order valence-electron chi connectivity index (χ0n) is 13.8. The SMILES string of the molecule is COC1C=CC=CC1(/N=N/N)N1C=CC=C([C@@H]2CCCN2C)C1. The van der Waals surface area contributed by atoms with Crippen molar-refractivity contribution in [3.63, 3.8) is 0 Å². The largest absolute Gasteiger partial charge is 0.372 e. The number of rotatable bonds is 4. The molecule has 3 atom stereocenters. The highest BCUT2D eigenvalue weighted by molar-refractivity contribution is 5.32. The van der Waals surface area contributed by atoms with Gasteiger partial charge >= 0.3 is 0 Å². The van der Waals surface area contributed by atoms with E-state index >= 15 is 0 Å². The molecule has 2 heterocycles. The van der Waals surface area contributed by atoms with E-state index in [1.54, 1.807) is 7.11 Å². The number of likely N-dealkylation sites (tertiary alicyclic amines) is 1. The maximum atomic E-state index is 5.64. The second kappa shape index (κ2) is 6.68. The lowest BCUT2D eigenvalue weighted by atomic mass is 9.93. The normalized spacial score (nSPS) is 34.5. The highest BCUT2D eigenvalue weighted by Crippen LogP contribution is 2.34. The summed E-state index contributed by atoms with van der Waals surface area (Å²) >= 11 is 0. The van der Waals surface area contributed by atoms with Crippen molar-refractivity contribution < 1.29 is 4.74 Å². The molecule has 0 amide bonds. The zero-order chi connectivity index (χ0) is 16.3. The first-order valence-corrected chi connectivity index (χ1v) is 8.06. The first kappa shape index (κ1) is 16.0. The standard InChI is InChI=1S/C17H25N5O/c1-21-11-6-8-15(21)14-7-5-12-22(13-14)17(19-20-18)10-4-3-9-16(17)23-2/h3-5,7,9-10,12,15-16H,6,8,11,13H2,1-2H3,(H2,18,19)/t15-,16?,17?/m0/s1. The minimum absolute atomic E-state index is 0.231. The van der Waals surface area contributed by atoms with Crippen molar-refractivity contribution >= 4 is 0 Å². The van der Waals surface area contributed by atoms with Gasteiger partial charge in [0.1, 0.15) is 6.10 Å². The fourth-order valence-electron chi connectivity index (χ4n) is 3.76. The quantitative estimate of drug-likeness (QED) is 0.489. The third-order valence-electron chi connectivity index (χ3n) is 4.97. The summed E-state index contributed by atoms with van der Waals surface area (Å²) in [5, 5.41) is 7.94. The van der Waals surface area contributed by atoms with Gasteiger partial charge in [0.25, 0.3) is 0 Å². The van der Waals surface area contributed by atoms with Crippen LogP contribution in [0.1, 0.15) is 12.8 Å². The van der Waals surface area contributed by atoms with Gasteiger partial charge in [0, 0.05) is 25.9 Å². The van der Waals surface area contributed by atoms with Crippen molar-refractivity contribution in [2.24, 2.45) is 16.2 Å². The molecule has 1 fully saturated rings. The Morgan fingerprint density at radius 3 is 2.91 bits per heavy atom. The van der Waals surface area contributed by atoms with Crippen molar-refractivity contribution in [3.8, 4) is 0 Å². The van der Waals surface area contributed by atoms with Crippen LogP contribution in [-0.2, 0) is 4.74 Å². The monoisotopic (exact) mass is 315 g/mol. The number of allylic oxidation sites excluding steroid dienone is 4. The predicted octanol–water partition coefficient (Wildman–Crippen LogP) is 2.00. The molecule has 0 aromatic heterocycles. The van der Waals surface area contributed by atoms with Crippen LogP contribution in [0.5, 0.6) is 0 Å². The summed E-state index contributed by atoms with van der Waals surface area (Å²) in [6, 6.07) is 0.499. The Kier molecular flexibility index (Phi) is 4.63. The van der Waals surface area contributed by atoms with E-state index in [1.165, 1.54) is 18.4 Å². The van der Waals surface area contributed by atoms with Gasteiger partial charge < -0.3 is 15.5 Å². The molecule has 124 valence electrons. The highest BCUT2D eigenvalue weighted by atomic mass is 16.5. The molecule has 0 aromatic rings. The maximum Gasteiger partial charge on any atom is 0.203 e. The summed E-state index contributed by atoms with van der Waals surface area (Å²) in [6.45, 7) is 1.95. The van der Waals surface area contributed by atoms with Crippen LogP contribution in [0, 0.1) is 0 Å². The van der Waals surface area contributed by atoms with E-state index in [9.17, 15) is 0 Å². The Labute approximate surface area is 137 Å². The third-order valence-corrected chi connectivity index (χ3v) is 4.97. The number of nitrogens with zero attached hydrogens (tertiary/aromatic N) is 4. The summed E-state index contributed by atoms with van der Waals surface area (Å²) in [6.07, 6.45) is 16.5. The Morgan fingerprint density at radius 2 is 2.22 bits per heavy atom. The molecule has 0 radical (unpaired) electrons. The molecular weight excluding hydrogens is 290 g/mol. The van der Waals surface area contributed by atoms with Gasteiger partial charge in [0.05, 0.1) is 0 Å². The molecule has 1 aliphatic carbocycles. The lowest BCUT2D eigenvalue weighted by Gasteiger charge is -2.44. The predicted molar refractivity (Wildman–Crippen MR) is 90.4 cm³/mol. The van der Waals surface area contributed by atoms with Gasteiger partial charge in [-0.15, -0.1) is 5.11 Å². The first-order valence-electron chi connectivity index (χ1n) is 8.06. The van der Waals surface area contributed by atoms with Gasteiger partial charge in [-0.1, -0.05) is 29.5 Å². The number of ether oxygens (including phenoxy) is 1. The topological polar surface area (TPSA) is 66.5 Å². The lowest BCUT2D eigenvalue weighted by Crippen LogP contribution is -2.54. The van der Waals surface area contributed by atoms with Crippen LogP contribution < -0.4 is 5.84 Å². The molecule has 0 saturated carbocycles. The summed E-state index contributed by atoms with van der Waals surface area (Å²) in [7, 11) is 3.88. The highest BCUT2D eigenvalue weighted by Gasteiger charge is 2.43. The Hall–Kier alpha value is -1.92. The summed E-state index contributed by atoms with van der Waals surface area (Å²) in [5.41, 5.74) is 0.669. The molecule has 2 aliphatic heterocycles. The number of likely N-dealkylation sites (N-methyl/N-ethyl adjacent to an activating group) is 1. The van der Waals surface area contributed by atoms with Gasteiger partial charge in [-0.3, -0.25) is 4.90 Å². The Morgan fingerprint density at radius 1 is 1.35 bits per heavy atom. The Balaban J connectivity index is 1.87. The van der Waals surface area contributed by atoms with Crippen molar-refractivity contribution in [2.45, 2.75) is 30.7 Å². The van der Waals surface area contributed by atoms with Crippen LogP contribution >= 0.6 is 0 Å². The molecule has 0 bridgehead atoms. The van der Waals surface area contributed by atoms with E-state index in [0.717, 1.165) is 13.1 Å². The van der Waals surface area contributed by atoms with E-state index < -0.39 is 5.66 Å². The van der Waals surface area contributed by atoms with Crippen molar-refractivity contribution in [1.82, 2.24) is 9.80 Å². The van der Waals surface area contributed by atoms with Crippen molar-refractivity contribution in [3.05, 3.63) is 48.2 Å². The van der Waals surface area contributed by atoms with Crippen LogP contribution in [0.15, 0.2) is 58.6 Å². The maximum absolute atomic E-state index is 5.64. The molecule has 6 heteroatoms. The average molecular weight is 315 g/mol. The average Bonchev–Trinajstić information content (AvgIpc) is 3.01. The molecule has 0 aromatic carbocycles. The molecule has 1 saturated heterocycles. The van der Waals surface area contributed by atoms with Gasteiger partial charge in [-0.25, -0.2) is 0 Å². The fraction of sp³-hybridized carbons (Fsp3) is 0.529. The first-order chi connectivity index (χ1) is 11.2. The molecular formula is C17H25N5O. The summed E-state index contributed by atoms with van der Waals surface area (Å²) < 4.78 is 5.64. The van der Waals surface area contributed by atoms with E-state index in [0.29, 0.717) is 6.04 Å². The van der Waals surface area contributed by atoms with Crippen molar-refractivity contribution in [2.75, 3.05) is 27.2 Å². The van der Waals surface area contributed by atoms with Gasteiger partial charge in [0.15, 0.2) is 0 Å². The van der Waals surface area contributed by atoms with Gasteiger partial charge in [0.2, 0.25) is 5.66 Å². The lowest BCUT2D eigenvalue weighted by molar-refractivity contribution is 0.0213. The summed E-state index contributed by atoms with van der Waals surface area (Å²) in [5.74, 6) is 5.42. The minimum Gasteiger partial charge on any atom is -0.372 e. The van der Waals surface area contributed by atoms with Gasteiger partial charge in [-0.05, 0) is 44.2 Å². The van der Waals surface area contributed by atoms with Crippen LogP contribution in [-0.4, -0.2) is 54.9 Å². The number of methoxy groups -OCH3 is 1. The Bertz CT molecular complexity index is 580. The van der Waals surface area contributed by atoms with E-state index in [-0.39, 0.29) is 6.10 Å². The molecule has 0 spiro atoms. The second-order valence-electron chi connectivity index (χ2n) is 6.25. The van der Waals surface area contributed by atoms with E-state index in [2.05, 4.69) is 39.3 Å². The summed E-state index contributed by atoms with van der Waals surface area (Å²) in [4.78, 5) is 4.59. The third kappa shape index (κ3) is 2.84. The molecule has 2 N–H and O–H groups in total. The van der Waals surface area contributed by atoms with Crippen LogP contribution in [0.3, 0.4) is 0 Å². The molecule has 3 aliphatic rings. The van der Waals surface area contributed by atoms with Crippen molar-refractivity contribution in [1.29, 1.82) is 0 Å². The molecule has 6 nitrogen and oxygen atoms in total. The zero-order valence-corrected chi connectivity index (χ0v) is 13.8. The van der Waals surface area contributed by atoms with E-state index in [1.807, 2.05) is 30.5 Å². The van der Waals surface area contributed by atoms with Gasteiger partial charge in [-0.2, -0.15) is 0 Å². The number of nitrogens with two attached hydrogens (primary N) is 1. The molecule has 3 rings (SSSR count). The number of hydrogen-bond acceptors (Lipinski definition) is 5. The number of hydrogen-bond donors (Lipinski definition) is 1. The second-order valence-corrected chi connectivity index (χ2v) is 6.25. The van der Waals surface area contributed by atoms with E-state index in [4.69, 9.17) is 10.6 Å². The van der Waals surface area contributed by atoms with Crippen LogP contribution in [0.4, 0.5) is 0 Å².